The molecule has 1 aromatic carbocycles. The SMILES string of the molecule is Cl.N[C@H]1CCN(CC(=O)Nc2ccccc2)C1. The number of rotatable bonds is 3. The number of benzene rings is 1. The second-order valence-corrected chi connectivity index (χ2v) is 4.20. The van der Waals surface area contributed by atoms with Gasteiger partial charge in [-0.2, -0.15) is 0 Å². The van der Waals surface area contributed by atoms with Crippen molar-refractivity contribution in [1.82, 2.24) is 4.90 Å². The van der Waals surface area contributed by atoms with Crippen LogP contribution in [0, 0.1) is 0 Å². The molecule has 0 aromatic heterocycles. The fraction of sp³-hybridized carbons (Fsp3) is 0.417. The number of nitrogens with one attached hydrogen (secondary N) is 1. The summed E-state index contributed by atoms with van der Waals surface area (Å²) in [5.74, 6) is 0.0281. The first-order chi connectivity index (χ1) is 7.74. The van der Waals surface area contributed by atoms with Gasteiger partial charge in [-0.05, 0) is 18.6 Å². The van der Waals surface area contributed by atoms with Crippen molar-refractivity contribution in [2.24, 2.45) is 5.73 Å². The Morgan fingerprint density at radius 3 is 2.71 bits per heavy atom. The quantitative estimate of drug-likeness (QED) is 0.850. The molecule has 0 bridgehead atoms. The number of likely N-dealkylation sites (tertiary alicyclic amines) is 1. The highest BCUT2D eigenvalue weighted by molar-refractivity contribution is 5.92. The topological polar surface area (TPSA) is 58.4 Å². The van der Waals surface area contributed by atoms with E-state index >= 15 is 0 Å². The van der Waals surface area contributed by atoms with E-state index in [1.54, 1.807) is 0 Å². The van der Waals surface area contributed by atoms with Crippen LogP contribution < -0.4 is 11.1 Å². The molecule has 0 radical (unpaired) electrons. The van der Waals surface area contributed by atoms with Gasteiger partial charge in [0.2, 0.25) is 5.91 Å². The molecule has 94 valence electrons. The van der Waals surface area contributed by atoms with Crippen molar-refractivity contribution in [3.63, 3.8) is 0 Å². The number of hydrogen-bond acceptors (Lipinski definition) is 3. The second kappa shape index (κ2) is 6.59. The minimum Gasteiger partial charge on any atom is -0.326 e. The standard InChI is InChI=1S/C12H17N3O.ClH/c13-10-6-7-15(8-10)9-12(16)14-11-4-2-1-3-5-11;/h1-5,10H,6-9,13H2,(H,14,16);1H/t10-;/m0./s1. The molecular weight excluding hydrogens is 238 g/mol. The Balaban J connectivity index is 0.00000144. The molecule has 4 nitrogen and oxygen atoms in total. The van der Waals surface area contributed by atoms with Gasteiger partial charge in [0.25, 0.3) is 0 Å². The van der Waals surface area contributed by atoms with Crippen molar-refractivity contribution in [2.75, 3.05) is 25.0 Å². The number of anilines is 1. The second-order valence-electron chi connectivity index (χ2n) is 4.20. The Hall–Kier alpha value is -1.10. The maximum absolute atomic E-state index is 11.7. The summed E-state index contributed by atoms with van der Waals surface area (Å²) in [6, 6.07) is 9.73. The van der Waals surface area contributed by atoms with Gasteiger partial charge in [0.05, 0.1) is 6.54 Å². The van der Waals surface area contributed by atoms with E-state index in [4.69, 9.17) is 5.73 Å². The van der Waals surface area contributed by atoms with Crippen molar-refractivity contribution < 1.29 is 4.79 Å². The minimum atomic E-state index is 0. The highest BCUT2D eigenvalue weighted by Crippen LogP contribution is 2.08. The highest BCUT2D eigenvalue weighted by atomic mass is 35.5. The largest absolute Gasteiger partial charge is 0.326 e. The molecule has 0 aliphatic carbocycles. The summed E-state index contributed by atoms with van der Waals surface area (Å²) in [6.07, 6.45) is 0.985. The van der Waals surface area contributed by atoms with Gasteiger partial charge in [-0.15, -0.1) is 12.4 Å². The lowest BCUT2D eigenvalue weighted by molar-refractivity contribution is -0.117. The van der Waals surface area contributed by atoms with Crippen LogP contribution in [0.2, 0.25) is 0 Å². The van der Waals surface area contributed by atoms with Crippen LogP contribution in [0.15, 0.2) is 30.3 Å². The summed E-state index contributed by atoms with van der Waals surface area (Å²) >= 11 is 0. The van der Waals surface area contributed by atoms with E-state index in [1.807, 2.05) is 30.3 Å². The lowest BCUT2D eigenvalue weighted by Crippen LogP contribution is -2.33. The Bertz CT molecular complexity index is 358. The molecule has 3 N–H and O–H groups in total. The summed E-state index contributed by atoms with van der Waals surface area (Å²) in [5, 5.41) is 2.86. The molecule has 0 spiro atoms. The van der Waals surface area contributed by atoms with Crippen molar-refractivity contribution in [3.8, 4) is 0 Å². The number of nitrogens with zero attached hydrogens (tertiary/aromatic N) is 1. The average molecular weight is 256 g/mol. The Morgan fingerprint density at radius 1 is 1.41 bits per heavy atom. The number of carbonyl (C=O) groups is 1. The van der Waals surface area contributed by atoms with Crippen molar-refractivity contribution in [3.05, 3.63) is 30.3 Å². The first kappa shape index (κ1) is 14.0. The van der Waals surface area contributed by atoms with Gasteiger partial charge in [0.15, 0.2) is 0 Å². The smallest absolute Gasteiger partial charge is 0.238 e. The number of halogens is 1. The molecule has 0 saturated carbocycles. The Morgan fingerprint density at radius 2 is 2.12 bits per heavy atom. The van der Waals surface area contributed by atoms with E-state index < -0.39 is 0 Å². The molecule has 0 unspecified atom stereocenters. The third-order valence-corrected chi connectivity index (χ3v) is 2.73. The monoisotopic (exact) mass is 255 g/mol. The fourth-order valence-corrected chi connectivity index (χ4v) is 1.93. The fourth-order valence-electron chi connectivity index (χ4n) is 1.93. The molecule has 1 atom stereocenters. The molecule has 1 heterocycles. The third kappa shape index (κ3) is 4.34. The van der Waals surface area contributed by atoms with Crippen LogP contribution >= 0.6 is 12.4 Å². The summed E-state index contributed by atoms with van der Waals surface area (Å²) in [4.78, 5) is 13.8. The van der Waals surface area contributed by atoms with Crippen LogP contribution in [0.1, 0.15) is 6.42 Å². The molecule has 1 amide bonds. The Kier molecular flexibility index (Phi) is 5.41. The average Bonchev–Trinajstić information content (AvgIpc) is 2.65. The van der Waals surface area contributed by atoms with Crippen molar-refractivity contribution in [1.29, 1.82) is 0 Å². The summed E-state index contributed by atoms with van der Waals surface area (Å²) in [5.41, 5.74) is 6.62. The zero-order chi connectivity index (χ0) is 11.4. The van der Waals surface area contributed by atoms with Crippen LogP contribution in [0.25, 0.3) is 0 Å². The minimum absolute atomic E-state index is 0. The van der Waals surface area contributed by atoms with Gasteiger partial charge in [0.1, 0.15) is 0 Å². The molecule has 1 fully saturated rings. The summed E-state index contributed by atoms with van der Waals surface area (Å²) in [6.45, 7) is 2.17. The molecule has 1 saturated heterocycles. The van der Waals surface area contributed by atoms with E-state index in [1.165, 1.54) is 0 Å². The van der Waals surface area contributed by atoms with Gasteiger partial charge >= 0.3 is 0 Å². The summed E-state index contributed by atoms with van der Waals surface area (Å²) < 4.78 is 0. The van der Waals surface area contributed by atoms with Crippen molar-refractivity contribution >= 4 is 24.0 Å². The molecule has 2 rings (SSSR count). The maximum Gasteiger partial charge on any atom is 0.238 e. The van der Waals surface area contributed by atoms with Crippen LogP contribution in [0.4, 0.5) is 5.69 Å². The van der Waals surface area contributed by atoms with E-state index in [2.05, 4.69) is 10.2 Å². The maximum atomic E-state index is 11.7. The number of hydrogen-bond donors (Lipinski definition) is 2. The van der Waals surface area contributed by atoms with Crippen LogP contribution in [-0.2, 0) is 4.79 Å². The lowest BCUT2D eigenvalue weighted by Gasteiger charge is -2.14. The molecule has 17 heavy (non-hydrogen) atoms. The van der Waals surface area contributed by atoms with Gasteiger partial charge in [0, 0.05) is 24.8 Å². The molecule has 1 aliphatic heterocycles. The third-order valence-electron chi connectivity index (χ3n) is 2.73. The van der Waals surface area contributed by atoms with Gasteiger partial charge in [-0.25, -0.2) is 0 Å². The number of amides is 1. The molecule has 5 heteroatoms. The van der Waals surface area contributed by atoms with E-state index in [0.717, 1.165) is 25.2 Å². The zero-order valence-electron chi connectivity index (χ0n) is 9.63. The number of para-hydroxylation sites is 1. The number of carbonyl (C=O) groups excluding carboxylic acids is 1. The summed E-state index contributed by atoms with van der Waals surface area (Å²) in [7, 11) is 0. The van der Waals surface area contributed by atoms with Gasteiger partial charge < -0.3 is 11.1 Å². The normalized spacial score (nSPS) is 19.7. The number of nitrogens with two attached hydrogens (primary N) is 1. The van der Waals surface area contributed by atoms with E-state index in [9.17, 15) is 4.79 Å². The Labute approximate surface area is 108 Å². The van der Waals surface area contributed by atoms with Gasteiger partial charge in [-0.3, -0.25) is 9.69 Å². The van der Waals surface area contributed by atoms with Crippen LogP contribution in [0.5, 0.6) is 0 Å². The zero-order valence-corrected chi connectivity index (χ0v) is 10.5. The lowest BCUT2D eigenvalue weighted by atomic mass is 10.3. The first-order valence-electron chi connectivity index (χ1n) is 5.57. The van der Waals surface area contributed by atoms with E-state index in [-0.39, 0.29) is 24.4 Å². The molecule has 1 aromatic rings. The van der Waals surface area contributed by atoms with Crippen LogP contribution in [0.3, 0.4) is 0 Å². The highest BCUT2D eigenvalue weighted by Gasteiger charge is 2.20. The molecular formula is C12H18ClN3O. The predicted octanol–water partition coefficient (Wildman–Crippen LogP) is 1.08. The molecule has 1 aliphatic rings. The predicted molar refractivity (Wildman–Crippen MR) is 71.4 cm³/mol. The van der Waals surface area contributed by atoms with Crippen LogP contribution in [-0.4, -0.2) is 36.5 Å². The first-order valence-corrected chi connectivity index (χ1v) is 5.57. The van der Waals surface area contributed by atoms with E-state index in [0.29, 0.717) is 6.54 Å². The van der Waals surface area contributed by atoms with Gasteiger partial charge in [-0.1, -0.05) is 18.2 Å². The van der Waals surface area contributed by atoms with Crippen molar-refractivity contribution in [2.45, 2.75) is 12.5 Å².